The number of hydrogen-bond acceptors (Lipinski definition) is 21. The molecule has 5 aliphatic rings. The maximum absolute atomic E-state index is 15.6. The summed E-state index contributed by atoms with van der Waals surface area (Å²) >= 11 is 0. The van der Waals surface area contributed by atoms with E-state index in [1.807, 2.05) is 23.1 Å². The standard InChI is InChI=1S/C46H63FN10O14/c47-27-11-25-30(57(24-4-5-24)19-26(35(25)59)44(66)67)13-31(27)55-8-6-54(7-9-55)16-21-2-1-3-22(10-21)17-56-18-23(52-53-56)15-51-29-12-28(49)42(70-46-40(64)39(63)37(61)32(14-48)68-46)41(65)43(29)71-45-38(62)34(50)36(60)33(20-58)69-45/h1-3,10-11,13,18-19,24,28-29,32-34,36-43,45-46,51,58,60-65H,4-9,12,14-17,20,48-50H2,(H,66,67)/t28-,29+,32+,33+,34-,36+,37+,38+,39-,40+,41-,42+,43-,45+,46+/m0/s1. The molecule has 3 saturated heterocycles. The Bertz CT molecular complexity index is 2560. The number of carboxylic acids is 1. The summed E-state index contributed by atoms with van der Waals surface area (Å²) in [4.78, 5) is 29.0. The molecule has 5 fully saturated rings. The second-order valence-corrected chi connectivity index (χ2v) is 19.2. The maximum atomic E-state index is 15.6. The quantitative estimate of drug-likeness (QED) is 0.0509. The van der Waals surface area contributed by atoms with E-state index in [0.29, 0.717) is 56.2 Å². The largest absolute Gasteiger partial charge is 0.477 e. The summed E-state index contributed by atoms with van der Waals surface area (Å²) in [6.07, 6.45) is -12.6. The molecule has 2 aliphatic carbocycles. The van der Waals surface area contributed by atoms with Crippen LogP contribution in [0.15, 0.2) is 53.6 Å². The van der Waals surface area contributed by atoms with Crippen molar-refractivity contribution in [2.24, 2.45) is 17.2 Å². The number of fused-ring (bicyclic) bond motifs is 1. The van der Waals surface area contributed by atoms with E-state index in [-0.39, 0.29) is 36.5 Å². The number of aromatic carboxylic acids is 1. The highest BCUT2D eigenvalue weighted by molar-refractivity contribution is 5.93. The van der Waals surface area contributed by atoms with E-state index in [0.717, 1.165) is 24.0 Å². The number of carboxylic acid groups (broad SMARTS) is 1. The molecule has 3 aliphatic heterocycles. The monoisotopic (exact) mass is 998 g/mol. The Balaban J connectivity index is 0.827. The highest BCUT2D eigenvalue weighted by Gasteiger charge is 2.52. The predicted octanol–water partition coefficient (Wildman–Crippen LogP) is -4.01. The normalized spacial score (nSPS) is 34.0. The number of benzene rings is 2. The van der Waals surface area contributed by atoms with Gasteiger partial charge in [0.25, 0.3) is 0 Å². The minimum absolute atomic E-state index is 0.0597. The molecule has 2 aromatic carbocycles. The third kappa shape index (κ3) is 10.7. The number of piperazine rings is 1. The molecule has 9 rings (SSSR count). The first kappa shape index (κ1) is 51.3. The maximum Gasteiger partial charge on any atom is 0.341 e. The molecule has 2 aromatic heterocycles. The summed E-state index contributed by atoms with van der Waals surface area (Å²) in [6.45, 7) is 2.63. The predicted molar refractivity (Wildman–Crippen MR) is 247 cm³/mol. The van der Waals surface area contributed by atoms with Crippen LogP contribution in [0.2, 0.25) is 0 Å². The molecule has 0 spiro atoms. The van der Waals surface area contributed by atoms with E-state index in [9.17, 15) is 50.4 Å². The van der Waals surface area contributed by atoms with Gasteiger partial charge in [0.2, 0.25) is 5.43 Å². The SMILES string of the molecule is NC[C@H]1O[C@H](O[C@H]2[C@H](O)[C@@H](O[C@H]3O[C@H](CO)[C@@H](O)[C@H](N)[C@H]3O)[C@H](NCc3cn(Cc4cccc(CN5CCN(c6cc7c(cc6F)c(=O)c(C(=O)O)cn7C6CC6)CC5)c4)nn3)C[C@@H]2N)[C@H](O)[C@@H](O)[C@@H]1O. The van der Waals surface area contributed by atoms with Gasteiger partial charge in [0.1, 0.15) is 72.4 Å². The van der Waals surface area contributed by atoms with E-state index in [4.69, 9.17) is 36.1 Å². The van der Waals surface area contributed by atoms with Crippen LogP contribution in [-0.2, 0) is 38.6 Å². The molecule has 0 bridgehead atoms. The first-order chi connectivity index (χ1) is 34.0. The molecule has 24 nitrogen and oxygen atoms in total. The Morgan fingerprint density at radius 2 is 1.54 bits per heavy atom. The fraction of sp³-hybridized carbons (Fsp3) is 0.609. The van der Waals surface area contributed by atoms with Crippen LogP contribution >= 0.6 is 0 Å². The van der Waals surface area contributed by atoms with Crippen molar-refractivity contribution in [3.05, 3.63) is 87.2 Å². The zero-order chi connectivity index (χ0) is 50.4. The third-order valence-electron chi connectivity index (χ3n) is 14.3. The number of hydrogen-bond donors (Lipinski definition) is 12. The molecule has 25 heteroatoms. The Labute approximate surface area is 405 Å². The van der Waals surface area contributed by atoms with E-state index >= 15 is 4.39 Å². The molecule has 4 aromatic rings. The highest BCUT2D eigenvalue weighted by Crippen LogP contribution is 2.39. The summed E-state index contributed by atoms with van der Waals surface area (Å²) in [6, 6.07) is 7.96. The minimum atomic E-state index is -1.74. The lowest BCUT2D eigenvalue weighted by molar-refractivity contribution is -0.332. The van der Waals surface area contributed by atoms with Gasteiger partial charge in [0.05, 0.1) is 42.3 Å². The minimum Gasteiger partial charge on any atom is -0.477 e. The number of nitrogens with zero attached hydrogens (tertiary/aromatic N) is 6. The van der Waals surface area contributed by atoms with Gasteiger partial charge >= 0.3 is 5.97 Å². The number of pyridine rings is 1. The third-order valence-corrected chi connectivity index (χ3v) is 14.3. The van der Waals surface area contributed by atoms with Crippen LogP contribution in [0.3, 0.4) is 0 Å². The molecule has 15 N–H and O–H groups in total. The average Bonchev–Trinajstić information content (AvgIpc) is 4.11. The number of nitrogens with one attached hydrogen (secondary N) is 1. The average molecular weight is 999 g/mol. The van der Waals surface area contributed by atoms with Crippen molar-refractivity contribution in [1.82, 2.24) is 29.8 Å². The molecule has 0 radical (unpaired) electrons. The van der Waals surface area contributed by atoms with Crippen LogP contribution in [0.4, 0.5) is 10.1 Å². The van der Waals surface area contributed by atoms with Crippen LogP contribution in [0.25, 0.3) is 10.9 Å². The molecule has 0 amide bonds. The summed E-state index contributed by atoms with van der Waals surface area (Å²) in [5.74, 6) is -1.91. The summed E-state index contributed by atoms with van der Waals surface area (Å²) in [5.41, 5.74) is 20.7. The fourth-order valence-electron chi connectivity index (χ4n) is 10.1. The fourth-order valence-corrected chi connectivity index (χ4v) is 10.1. The Kier molecular flexibility index (Phi) is 15.5. The van der Waals surface area contributed by atoms with Gasteiger partial charge in [0.15, 0.2) is 12.6 Å². The Morgan fingerprint density at radius 3 is 2.23 bits per heavy atom. The van der Waals surface area contributed by atoms with Gasteiger partial charge in [-0.1, -0.05) is 29.5 Å². The molecule has 2 saturated carbocycles. The molecular weight excluding hydrogens is 936 g/mol. The summed E-state index contributed by atoms with van der Waals surface area (Å²) < 4.78 is 42.6. The van der Waals surface area contributed by atoms with Crippen molar-refractivity contribution in [2.75, 3.05) is 44.2 Å². The zero-order valence-electron chi connectivity index (χ0n) is 38.7. The van der Waals surface area contributed by atoms with E-state index in [1.165, 1.54) is 12.3 Å². The molecular formula is C46H63FN10O14. The van der Waals surface area contributed by atoms with Crippen molar-refractivity contribution < 1.29 is 69.0 Å². The number of ether oxygens (including phenoxy) is 4. The van der Waals surface area contributed by atoms with Gasteiger partial charge in [-0.25, -0.2) is 13.9 Å². The lowest BCUT2D eigenvalue weighted by atomic mass is 9.83. The highest BCUT2D eigenvalue weighted by atomic mass is 19.1. The van der Waals surface area contributed by atoms with Gasteiger partial charge in [-0.2, -0.15) is 0 Å². The van der Waals surface area contributed by atoms with Gasteiger partial charge in [-0.05, 0) is 42.5 Å². The van der Waals surface area contributed by atoms with E-state index in [1.54, 1.807) is 21.5 Å². The lowest BCUT2D eigenvalue weighted by Crippen LogP contribution is -2.69. The molecule has 0 unspecified atom stereocenters. The molecule has 5 heterocycles. The Hall–Kier alpha value is -4.65. The molecule has 15 atom stereocenters. The van der Waals surface area contributed by atoms with Crippen LogP contribution in [-0.4, -0.2) is 202 Å². The number of aromatic nitrogens is 4. The number of halogens is 1. The first-order valence-corrected chi connectivity index (χ1v) is 23.8. The van der Waals surface area contributed by atoms with Crippen molar-refractivity contribution in [3.63, 3.8) is 0 Å². The molecule has 388 valence electrons. The Morgan fingerprint density at radius 1 is 0.845 bits per heavy atom. The van der Waals surface area contributed by atoms with Crippen LogP contribution in [0.1, 0.15) is 52.5 Å². The second kappa shape index (κ2) is 21.4. The van der Waals surface area contributed by atoms with Crippen molar-refractivity contribution in [3.8, 4) is 0 Å². The first-order valence-electron chi connectivity index (χ1n) is 23.8. The van der Waals surface area contributed by atoms with Crippen molar-refractivity contribution >= 4 is 22.6 Å². The smallest absolute Gasteiger partial charge is 0.341 e. The van der Waals surface area contributed by atoms with Crippen molar-refractivity contribution in [1.29, 1.82) is 0 Å². The van der Waals surface area contributed by atoms with Crippen molar-refractivity contribution in [2.45, 2.75) is 137 Å². The van der Waals surface area contributed by atoms with Crippen LogP contribution < -0.4 is 32.8 Å². The number of aliphatic hydroxyl groups is 7. The zero-order valence-corrected chi connectivity index (χ0v) is 38.7. The topological polar surface area (TPSA) is 365 Å². The molecule has 71 heavy (non-hydrogen) atoms. The van der Waals surface area contributed by atoms with Crippen LogP contribution in [0, 0.1) is 5.82 Å². The summed E-state index contributed by atoms with van der Waals surface area (Å²) in [7, 11) is 0. The number of carbonyl (C=O) groups is 1. The van der Waals surface area contributed by atoms with Gasteiger partial charge in [0, 0.05) is 75.5 Å². The second-order valence-electron chi connectivity index (χ2n) is 19.2. The van der Waals surface area contributed by atoms with Gasteiger partial charge in [-0.15, -0.1) is 5.10 Å². The van der Waals surface area contributed by atoms with Gasteiger partial charge < -0.3 is 91.8 Å². The lowest BCUT2D eigenvalue weighted by Gasteiger charge is -2.49. The number of anilines is 1. The number of aliphatic hydroxyl groups excluding tert-OH is 7. The number of rotatable bonds is 16. The van der Waals surface area contributed by atoms with Gasteiger partial charge in [-0.3, -0.25) is 9.69 Å². The summed E-state index contributed by atoms with van der Waals surface area (Å²) in [5, 5.41) is 96.2. The number of nitrogens with two attached hydrogens (primary N) is 3. The van der Waals surface area contributed by atoms with E-state index < -0.39 is 116 Å². The van der Waals surface area contributed by atoms with Crippen LogP contribution in [0.5, 0.6) is 0 Å². The van der Waals surface area contributed by atoms with E-state index in [2.05, 4.69) is 26.6 Å².